The molecular formula is C18H22FN. The van der Waals surface area contributed by atoms with Gasteiger partial charge in [0.2, 0.25) is 0 Å². The first-order valence-corrected chi connectivity index (χ1v) is 7.20. The highest BCUT2D eigenvalue weighted by Gasteiger charge is 2.12. The summed E-state index contributed by atoms with van der Waals surface area (Å²) in [7, 11) is 0. The van der Waals surface area contributed by atoms with Crippen molar-refractivity contribution in [2.45, 2.75) is 26.2 Å². The van der Waals surface area contributed by atoms with E-state index in [4.69, 9.17) is 0 Å². The third kappa shape index (κ3) is 4.17. The van der Waals surface area contributed by atoms with Gasteiger partial charge in [-0.2, -0.15) is 0 Å². The third-order valence-corrected chi connectivity index (χ3v) is 3.56. The van der Waals surface area contributed by atoms with E-state index in [0.717, 1.165) is 25.1 Å². The number of rotatable bonds is 6. The van der Waals surface area contributed by atoms with Crippen LogP contribution in [0.2, 0.25) is 0 Å². The van der Waals surface area contributed by atoms with Crippen molar-refractivity contribution in [3.63, 3.8) is 0 Å². The van der Waals surface area contributed by atoms with Gasteiger partial charge in [0.15, 0.2) is 0 Å². The minimum Gasteiger partial charge on any atom is -0.316 e. The Hall–Kier alpha value is -1.67. The van der Waals surface area contributed by atoms with Gasteiger partial charge in [0.25, 0.3) is 0 Å². The highest BCUT2D eigenvalue weighted by atomic mass is 19.1. The molecule has 0 spiro atoms. The molecule has 0 aliphatic rings. The molecule has 0 aromatic heterocycles. The Morgan fingerprint density at radius 3 is 2.50 bits per heavy atom. The molecule has 0 aliphatic carbocycles. The molecule has 0 bridgehead atoms. The van der Waals surface area contributed by atoms with E-state index in [0.29, 0.717) is 5.92 Å². The number of halogens is 1. The summed E-state index contributed by atoms with van der Waals surface area (Å²) < 4.78 is 13.3. The van der Waals surface area contributed by atoms with Crippen LogP contribution in [0.4, 0.5) is 4.39 Å². The monoisotopic (exact) mass is 271 g/mol. The predicted molar refractivity (Wildman–Crippen MR) is 82.6 cm³/mol. The van der Waals surface area contributed by atoms with E-state index >= 15 is 0 Å². The first-order valence-electron chi connectivity index (χ1n) is 7.20. The topological polar surface area (TPSA) is 12.0 Å². The SMILES string of the molecule is CCNCC(Cc1cccc(F)c1)c1ccc(C)cc1. The van der Waals surface area contributed by atoms with Crippen molar-refractivity contribution in [2.24, 2.45) is 0 Å². The van der Waals surface area contributed by atoms with Gasteiger partial charge in [0.05, 0.1) is 0 Å². The Balaban J connectivity index is 2.16. The molecule has 2 rings (SSSR count). The zero-order valence-electron chi connectivity index (χ0n) is 12.2. The molecule has 0 saturated carbocycles. The molecule has 0 radical (unpaired) electrons. The Morgan fingerprint density at radius 1 is 1.10 bits per heavy atom. The van der Waals surface area contributed by atoms with E-state index in [9.17, 15) is 4.39 Å². The molecule has 2 aromatic carbocycles. The Bertz CT molecular complexity index is 533. The summed E-state index contributed by atoms with van der Waals surface area (Å²) in [5, 5.41) is 3.40. The summed E-state index contributed by atoms with van der Waals surface area (Å²) in [4.78, 5) is 0. The first kappa shape index (κ1) is 14.7. The lowest BCUT2D eigenvalue weighted by molar-refractivity contribution is 0.588. The molecule has 0 fully saturated rings. The van der Waals surface area contributed by atoms with Gasteiger partial charge in [-0.05, 0) is 43.1 Å². The molecule has 1 atom stereocenters. The molecule has 0 saturated heterocycles. The summed E-state index contributed by atoms with van der Waals surface area (Å²) in [5.41, 5.74) is 3.62. The fraction of sp³-hybridized carbons (Fsp3) is 0.333. The van der Waals surface area contributed by atoms with E-state index < -0.39 is 0 Å². The summed E-state index contributed by atoms with van der Waals surface area (Å²) in [6.07, 6.45) is 0.855. The number of likely N-dealkylation sites (N-methyl/N-ethyl adjacent to an activating group) is 1. The number of aryl methyl sites for hydroxylation is 1. The summed E-state index contributed by atoms with van der Waals surface area (Å²) >= 11 is 0. The molecule has 2 aromatic rings. The van der Waals surface area contributed by atoms with Crippen LogP contribution in [-0.4, -0.2) is 13.1 Å². The fourth-order valence-corrected chi connectivity index (χ4v) is 2.41. The molecular weight excluding hydrogens is 249 g/mol. The van der Waals surface area contributed by atoms with E-state index in [-0.39, 0.29) is 5.82 Å². The molecule has 1 N–H and O–H groups in total. The molecule has 0 aliphatic heterocycles. The van der Waals surface area contributed by atoms with Crippen molar-refractivity contribution in [3.8, 4) is 0 Å². The summed E-state index contributed by atoms with van der Waals surface area (Å²) in [6.45, 7) is 6.06. The van der Waals surface area contributed by atoms with Gasteiger partial charge in [-0.25, -0.2) is 4.39 Å². The lowest BCUT2D eigenvalue weighted by atomic mass is 9.91. The third-order valence-electron chi connectivity index (χ3n) is 3.56. The van der Waals surface area contributed by atoms with Gasteiger partial charge in [-0.15, -0.1) is 0 Å². The second-order valence-corrected chi connectivity index (χ2v) is 5.25. The highest BCUT2D eigenvalue weighted by Crippen LogP contribution is 2.21. The number of benzene rings is 2. The molecule has 0 heterocycles. The van der Waals surface area contributed by atoms with Gasteiger partial charge in [0, 0.05) is 12.5 Å². The summed E-state index contributed by atoms with van der Waals surface area (Å²) in [6, 6.07) is 15.5. The number of hydrogen-bond acceptors (Lipinski definition) is 1. The smallest absolute Gasteiger partial charge is 0.123 e. The van der Waals surface area contributed by atoms with Gasteiger partial charge < -0.3 is 5.32 Å². The highest BCUT2D eigenvalue weighted by molar-refractivity contribution is 5.27. The quantitative estimate of drug-likeness (QED) is 0.835. The zero-order valence-corrected chi connectivity index (χ0v) is 12.2. The zero-order chi connectivity index (χ0) is 14.4. The van der Waals surface area contributed by atoms with E-state index in [1.165, 1.54) is 17.2 Å². The van der Waals surface area contributed by atoms with Gasteiger partial charge in [-0.3, -0.25) is 0 Å². The molecule has 1 unspecified atom stereocenters. The van der Waals surface area contributed by atoms with Crippen LogP contribution in [0, 0.1) is 12.7 Å². The Morgan fingerprint density at radius 2 is 1.85 bits per heavy atom. The molecule has 106 valence electrons. The maximum atomic E-state index is 13.3. The van der Waals surface area contributed by atoms with Crippen molar-refractivity contribution in [2.75, 3.05) is 13.1 Å². The van der Waals surface area contributed by atoms with Crippen molar-refractivity contribution < 1.29 is 4.39 Å². The largest absolute Gasteiger partial charge is 0.316 e. The van der Waals surface area contributed by atoms with Crippen LogP contribution in [-0.2, 0) is 6.42 Å². The van der Waals surface area contributed by atoms with Crippen LogP contribution in [0.3, 0.4) is 0 Å². The van der Waals surface area contributed by atoms with Crippen molar-refractivity contribution >= 4 is 0 Å². The van der Waals surface area contributed by atoms with E-state index in [1.807, 2.05) is 6.07 Å². The van der Waals surface area contributed by atoms with Gasteiger partial charge >= 0.3 is 0 Å². The molecule has 2 heteroatoms. The van der Waals surface area contributed by atoms with Crippen LogP contribution in [0.15, 0.2) is 48.5 Å². The van der Waals surface area contributed by atoms with Crippen LogP contribution in [0.1, 0.15) is 29.5 Å². The normalized spacial score (nSPS) is 12.3. The number of nitrogens with one attached hydrogen (secondary N) is 1. The minimum absolute atomic E-state index is 0.159. The van der Waals surface area contributed by atoms with Crippen molar-refractivity contribution in [3.05, 3.63) is 71.0 Å². The minimum atomic E-state index is -0.159. The second-order valence-electron chi connectivity index (χ2n) is 5.25. The number of hydrogen-bond donors (Lipinski definition) is 1. The fourth-order valence-electron chi connectivity index (χ4n) is 2.41. The predicted octanol–water partition coefficient (Wildman–Crippen LogP) is 4.07. The van der Waals surface area contributed by atoms with Crippen LogP contribution < -0.4 is 5.32 Å². The van der Waals surface area contributed by atoms with Crippen molar-refractivity contribution in [1.82, 2.24) is 5.32 Å². The molecule has 0 amide bonds. The van der Waals surface area contributed by atoms with Gasteiger partial charge in [-0.1, -0.05) is 48.9 Å². The van der Waals surface area contributed by atoms with Crippen LogP contribution in [0.25, 0.3) is 0 Å². The van der Waals surface area contributed by atoms with Gasteiger partial charge in [0.1, 0.15) is 5.82 Å². The van der Waals surface area contributed by atoms with E-state index in [2.05, 4.69) is 43.4 Å². The first-order chi connectivity index (χ1) is 9.69. The molecule has 20 heavy (non-hydrogen) atoms. The average molecular weight is 271 g/mol. The lowest BCUT2D eigenvalue weighted by Crippen LogP contribution is -2.22. The maximum absolute atomic E-state index is 13.3. The Labute approximate surface area is 120 Å². The average Bonchev–Trinajstić information content (AvgIpc) is 2.44. The Kier molecular flexibility index (Phi) is 5.31. The summed E-state index contributed by atoms with van der Waals surface area (Å²) in [5.74, 6) is 0.214. The molecule has 1 nitrogen and oxygen atoms in total. The lowest BCUT2D eigenvalue weighted by Gasteiger charge is -2.18. The second kappa shape index (κ2) is 7.20. The van der Waals surface area contributed by atoms with E-state index in [1.54, 1.807) is 12.1 Å². The van der Waals surface area contributed by atoms with Crippen LogP contribution in [0.5, 0.6) is 0 Å². The van der Waals surface area contributed by atoms with Crippen LogP contribution >= 0.6 is 0 Å². The van der Waals surface area contributed by atoms with Crippen molar-refractivity contribution in [1.29, 1.82) is 0 Å². The maximum Gasteiger partial charge on any atom is 0.123 e. The standard InChI is InChI=1S/C18H22FN/c1-3-20-13-17(16-9-7-14(2)8-10-16)11-15-5-4-6-18(19)12-15/h4-10,12,17,20H,3,11,13H2,1-2H3.